The highest BCUT2D eigenvalue weighted by molar-refractivity contribution is 7.15. The van der Waals surface area contributed by atoms with Crippen LogP contribution in [0.25, 0.3) is 4.96 Å². The van der Waals surface area contributed by atoms with E-state index >= 15 is 0 Å². The lowest BCUT2D eigenvalue weighted by molar-refractivity contribution is 0.627. The normalized spacial score (nSPS) is 10.9. The Hall–Kier alpha value is -2.21. The fraction of sp³-hybridized carbons (Fsp3) is 0.143. The first kappa shape index (κ1) is 12.8. The molecule has 0 amide bonds. The molecule has 0 saturated heterocycles. The van der Waals surface area contributed by atoms with Crippen LogP contribution in [0.4, 0.5) is 10.1 Å². The summed E-state index contributed by atoms with van der Waals surface area (Å²) < 4.78 is 14.5. The van der Waals surface area contributed by atoms with Crippen LogP contribution in [0.1, 0.15) is 11.3 Å². The monoisotopic (exact) mass is 289 g/mol. The van der Waals surface area contributed by atoms with Crippen LogP contribution in [0, 0.1) is 12.7 Å². The first-order valence-electron chi connectivity index (χ1n) is 6.09. The Labute approximate surface area is 118 Å². The van der Waals surface area contributed by atoms with Crippen LogP contribution in [0.2, 0.25) is 0 Å². The van der Waals surface area contributed by atoms with Crippen molar-refractivity contribution in [3.63, 3.8) is 0 Å². The van der Waals surface area contributed by atoms with Gasteiger partial charge in [-0.15, -0.1) is 11.3 Å². The molecule has 102 valence electrons. The van der Waals surface area contributed by atoms with Crippen LogP contribution in [0.3, 0.4) is 0 Å². The Kier molecular flexibility index (Phi) is 3.23. The molecule has 2 heterocycles. The van der Waals surface area contributed by atoms with E-state index in [1.165, 1.54) is 33.9 Å². The molecule has 3 aromatic rings. The maximum Gasteiger partial charge on any atom is 0.258 e. The number of halogens is 1. The van der Waals surface area contributed by atoms with Crippen molar-refractivity contribution >= 4 is 22.0 Å². The molecule has 3 rings (SSSR count). The smallest absolute Gasteiger partial charge is 0.258 e. The fourth-order valence-electron chi connectivity index (χ4n) is 1.99. The van der Waals surface area contributed by atoms with Gasteiger partial charge in [-0.25, -0.2) is 9.37 Å². The molecular weight excluding hydrogens is 277 g/mol. The summed E-state index contributed by atoms with van der Waals surface area (Å²) in [5.74, 6) is -0.260. The highest BCUT2D eigenvalue weighted by Crippen LogP contribution is 2.16. The van der Waals surface area contributed by atoms with Gasteiger partial charge in [0.05, 0.1) is 12.2 Å². The maximum absolute atomic E-state index is 13.0. The van der Waals surface area contributed by atoms with Crippen molar-refractivity contribution in [3.05, 3.63) is 63.3 Å². The molecule has 0 atom stereocenters. The van der Waals surface area contributed by atoms with Crippen molar-refractivity contribution in [1.82, 2.24) is 9.38 Å². The molecule has 0 bridgehead atoms. The average Bonchev–Trinajstić information content (AvgIpc) is 2.86. The average molecular weight is 289 g/mol. The summed E-state index contributed by atoms with van der Waals surface area (Å²) >= 11 is 1.42. The standard InChI is InChI=1S/C14H12FN3OS/c1-9-6-10(15)2-3-12(9)16-8-11-7-13(19)18-4-5-20-14(18)17-11/h2-7,16H,8H2,1H3. The van der Waals surface area contributed by atoms with Crippen LogP contribution < -0.4 is 10.9 Å². The van der Waals surface area contributed by atoms with Crippen LogP contribution >= 0.6 is 11.3 Å². The quantitative estimate of drug-likeness (QED) is 0.806. The minimum Gasteiger partial charge on any atom is -0.379 e. The van der Waals surface area contributed by atoms with Gasteiger partial charge in [0.1, 0.15) is 5.82 Å². The van der Waals surface area contributed by atoms with Gasteiger partial charge >= 0.3 is 0 Å². The molecule has 2 aromatic heterocycles. The number of hydrogen-bond acceptors (Lipinski definition) is 4. The molecule has 0 fully saturated rings. The number of rotatable bonds is 3. The number of thiazole rings is 1. The second kappa shape index (κ2) is 5.05. The molecule has 1 N–H and O–H groups in total. The van der Waals surface area contributed by atoms with E-state index in [2.05, 4.69) is 10.3 Å². The summed E-state index contributed by atoms with van der Waals surface area (Å²) in [6.45, 7) is 2.26. The Morgan fingerprint density at radius 3 is 3.05 bits per heavy atom. The number of aryl methyl sites for hydroxylation is 1. The van der Waals surface area contributed by atoms with E-state index in [4.69, 9.17) is 0 Å². The van der Waals surface area contributed by atoms with E-state index in [-0.39, 0.29) is 11.4 Å². The van der Waals surface area contributed by atoms with Crippen LogP contribution in [-0.4, -0.2) is 9.38 Å². The molecule has 4 nitrogen and oxygen atoms in total. The van der Waals surface area contributed by atoms with Crippen molar-refractivity contribution < 1.29 is 4.39 Å². The van der Waals surface area contributed by atoms with E-state index in [9.17, 15) is 9.18 Å². The molecule has 0 aliphatic heterocycles. The van der Waals surface area contributed by atoms with Gasteiger partial charge in [-0.05, 0) is 30.7 Å². The Morgan fingerprint density at radius 2 is 2.25 bits per heavy atom. The molecule has 0 unspecified atom stereocenters. The van der Waals surface area contributed by atoms with E-state index in [0.29, 0.717) is 17.2 Å². The van der Waals surface area contributed by atoms with Crippen molar-refractivity contribution in [2.45, 2.75) is 13.5 Å². The highest BCUT2D eigenvalue weighted by Gasteiger charge is 2.04. The first-order valence-corrected chi connectivity index (χ1v) is 6.97. The Balaban J connectivity index is 1.84. The van der Waals surface area contributed by atoms with Crippen molar-refractivity contribution in [2.75, 3.05) is 5.32 Å². The van der Waals surface area contributed by atoms with Gasteiger partial charge in [0.15, 0.2) is 4.96 Å². The van der Waals surface area contributed by atoms with Crippen molar-refractivity contribution in [3.8, 4) is 0 Å². The van der Waals surface area contributed by atoms with Crippen LogP contribution in [0.5, 0.6) is 0 Å². The lowest BCUT2D eigenvalue weighted by atomic mass is 10.2. The van der Waals surface area contributed by atoms with E-state index < -0.39 is 0 Å². The number of anilines is 1. The van der Waals surface area contributed by atoms with Gasteiger partial charge in [-0.2, -0.15) is 0 Å². The lowest BCUT2D eigenvalue weighted by Gasteiger charge is -2.09. The summed E-state index contributed by atoms with van der Waals surface area (Å²) in [5, 5.41) is 4.99. The number of fused-ring (bicyclic) bond motifs is 1. The minimum atomic E-state index is -0.260. The molecule has 0 aliphatic rings. The predicted molar refractivity (Wildman–Crippen MR) is 77.8 cm³/mol. The zero-order chi connectivity index (χ0) is 14.1. The molecule has 1 aromatic carbocycles. The largest absolute Gasteiger partial charge is 0.379 e. The highest BCUT2D eigenvalue weighted by atomic mass is 32.1. The molecule has 0 saturated carbocycles. The second-order valence-corrected chi connectivity index (χ2v) is 5.33. The number of aromatic nitrogens is 2. The van der Waals surface area contributed by atoms with Crippen molar-refractivity contribution in [2.24, 2.45) is 0 Å². The zero-order valence-corrected chi connectivity index (χ0v) is 11.6. The second-order valence-electron chi connectivity index (χ2n) is 4.45. The summed E-state index contributed by atoms with van der Waals surface area (Å²) in [6, 6.07) is 6.06. The van der Waals surface area contributed by atoms with E-state index in [1.54, 1.807) is 12.3 Å². The van der Waals surface area contributed by atoms with Crippen LogP contribution in [0.15, 0.2) is 40.6 Å². The maximum atomic E-state index is 13.0. The van der Waals surface area contributed by atoms with Gasteiger partial charge in [0.25, 0.3) is 5.56 Å². The molecule has 20 heavy (non-hydrogen) atoms. The zero-order valence-electron chi connectivity index (χ0n) is 10.8. The summed E-state index contributed by atoms with van der Waals surface area (Å²) in [7, 11) is 0. The number of benzene rings is 1. The lowest BCUT2D eigenvalue weighted by Crippen LogP contribution is -2.14. The third-order valence-corrected chi connectivity index (χ3v) is 3.76. The van der Waals surface area contributed by atoms with Gasteiger partial charge in [0, 0.05) is 23.3 Å². The molecular formula is C14H12FN3OS. The minimum absolute atomic E-state index is 0.0936. The molecule has 0 radical (unpaired) electrons. The Bertz CT molecular complexity index is 825. The van der Waals surface area contributed by atoms with Gasteiger partial charge < -0.3 is 5.32 Å². The number of hydrogen-bond donors (Lipinski definition) is 1. The molecule has 0 spiro atoms. The number of nitrogens with zero attached hydrogens (tertiary/aromatic N) is 2. The number of nitrogens with one attached hydrogen (secondary N) is 1. The Morgan fingerprint density at radius 1 is 1.40 bits per heavy atom. The summed E-state index contributed by atoms with van der Waals surface area (Å²) in [5.41, 5.74) is 2.23. The topological polar surface area (TPSA) is 46.4 Å². The van der Waals surface area contributed by atoms with Crippen LogP contribution in [-0.2, 0) is 6.54 Å². The fourth-order valence-corrected chi connectivity index (χ4v) is 2.73. The summed E-state index contributed by atoms with van der Waals surface area (Å²) in [6.07, 6.45) is 1.71. The van der Waals surface area contributed by atoms with Crippen molar-refractivity contribution in [1.29, 1.82) is 0 Å². The molecule has 6 heteroatoms. The summed E-state index contributed by atoms with van der Waals surface area (Å²) in [4.78, 5) is 16.9. The van der Waals surface area contributed by atoms with Gasteiger partial charge in [-0.3, -0.25) is 9.20 Å². The van der Waals surface area contributed by atoms with Gasteiger partial charge in [0.2, 0.25) is 0 Å². The van der Waals surface area contributed by atoms with E-state index in [0.717, 1.165) is 11.3 Å². The first-order chi connectivity index (χ1) is 9.63. The predicted octanol–water partition coefficient (Wildman–Crippen LogP) is 2.82. The van der Waals surface area contributed by atoms with Gasteiger partial charge in [-0.1, -0.05) is 0 Å². The third kappa shape index (κ3) is 2.42. The van der Waals surface area contributed by atoms with E-state index in [1.807, 2.05) is 12.3 Å². The SMILES string of the molecule is Cc1cc(F)ccc1NCc1cc(=O)n2ccsc2n1. The third-order valence-electron chi connectivity index (χ3n) is 3.00. The molecule has 0 aliphatic carbocycles.